The number of aromatic amines is 1. The van der Waals surface area contributed by atoms with Crippen LogP contribution < -0.4 is 5.32 Å². The smallest absolute Gasteiger partial charge is 0.329 e. The molecule has 2 N–H and O–H groups in total. The molecule has 0 aliphatic heterocycles. The van der Waals surface area contributed by atoms with Crippen molar-refractivity contribution < 1.29 is 18.7 Å². The Kier molecular flexibility index (Phi) is 6.54. The normalized spacial score (nSPS) is 12.5. The van der Waals surface area contributed by atoms with Crippen LogP contribution in [0.3, 0.4) is 0 Å². The SMILES string of the molecule is Cc1oc(-c2ccccc2)nc1CC(=O)NC(Cc1c[nH]c2ccccc12)C(=O)OC(C)(C)C. The number of amides is 1. The second-order valence-electron chi connectivity index (χ2n) is 9.28. The quantitative estimate of drug-likeness (QED) is 0.389. The maximum Gasteiger partial charge on any atom is 0.329 e. The number of esters is 1. The van der Waals surface area contributed by atoms with Gasteiger partial charge in [0, 0.05) is 29.1 Å². The van der Waals surface area contributed by atoms with E-state index in [0.29, 0.717) is 23.8 Å². The van der Waals surface area contributed by atoms with Crippen LogP contribution in [0.15, 0.2) is 65.2 Å². The lowest BCUT2D eigenvalue weighted by atomic mass is 10.0. The molecule has 0 aliphatic carbocycles. The standard InChI is InChI=1S/C27H29N3O4/c1-17-22(30-25(33-17)18-10-6-5-7-11-18)15-24(31)29-23(26(32)34-27(2,3)4)14-19-16-28-21-13-9-8-12-20(19)21/h5-13,16,23,28H,14-15H2,1-4H3,(H,29,31). The van der Waals surface area contributed by atoms with Crippen LogP contribution in [0.25, 0.3) is 22.4 Å². The number of nitrogens with zero attached hydrogens (tertiary/aromatic N) is 1. The predicted octanol–water partition coefficient (Wildman–Crippen LogP) is 4.74. The van der Waals surface area contributed by atoms with Crippen molar-refractivity contribution in [1.82, 2.24) is 15.3 Å². The first kappa shape index (κ1) is 23.3. The molecule has 2 aromatic carbocycles. The van der Waals surface area contributed by atoms with E-state index in [9.17, 15) is 9.59 Å². The van der Waals surface area contributed by atoms with E-state index < -0.39 is 17.6 Å². The topological polar surface area (TPSA) is 97.2 Å². The third kappa shape index (κ3) is 5.54. The summed E-state index contributed by atoms with van der Waals surface area (Å²) in [5, 5.41) is 3.86. The molecule has 176 valence electrons. The molecule has 1 atom stereocenters. The number of aromatic nitrogens is 2. The molecular weight excluding hydrogens is 430 g/mol. The van der Waals surface area contributed by atoms with Crippen molar-refractivity contribution in [2.45, 2.75) is 52.2 Å². The van der Waals surface area contributed by atoms with E-state index in [2.05, 4.69) is 15.3 Å². The fourth-order valence-corrected chi connectivity index (χ4v) is 3.78. The van der Waals surface area contributed by atoms with Crippen molar-refractivity contribution in [3.63, 3.8) is 0 Å². The highest BCUT2D eigenvalue weighted by Gasteiger charge is 2.28. The van der Waals surface area contributed by atoms with E-state index in [1.165, 1.54) is 0 Å². The molecule has 0 bridgehead atoms. The first-order chi connectivity index (χ1) is 16.2. The number of carbonyl (C=O) groups is 2. The van der Waals surface area contributed by atoms with E-state index in [1.807, 2.05) is 60.8 Å². The van der Waals surface area contributed by atoms with E-state index in [4.69, 9.17) is 9.15 Å². The Bertz CT molecular complexity index is 1300. The summed E-state index contributed by atoms with van der Waals surface area (Å²) in [6, 6.07) is 16.5. The highest BCUT2D eigenvalue weighted by Crippen LogP contribution is 2.23. The van der Waals surface area contributed by atoms with E-state index in [-0.39, 0.29) is 12.3 Å². The van der Waals surface area contributed by atoms with Crippen molar-refractivity contribution in [2.24, 2.45) is 0 Å². The second-order valence-corrected chi connectivity index (χ2v) is 9.28. The maximum absolute atomic E-state index is 13.0. The van der Waals surface area contributed by atoms with Gasteiger partial charge >= 0.3 is 5.97 Å². The van der Waals surface area contributed by atoms with Crippen molar-refractivity contribution in [1.29, 1.82) is 0 Å². The molecule has 7 nitrogen and oxygen atoms in total. The number of benzene rings is 2. The van der Waals surface area contributed by atoms with Crippen molar-refractivity contribution in [2.75, 3.05) is 0 Å². The summed E-state index contributed by atoms with van der Waals surface area (Å²) < 4.78 is 11.4. The monoisotopic (exact) mass is 459 g/mol. The molecule has 0 spiro atoms. The number of H-pyrrole nitrogens is 1. The molecule has 0 aliphatic rings. The van der Waals surface area contributed by atoms with Gasteiger partial charge in [0.1, 0.15) is 17.4 Å². The van der Waals surface area contributed by atoms with Gasteiger partial charge in [-0.1, -0.05) is 36.4 Å². The van der Waals surface area contributed by atoms with Gasteiger partial charge in [-0.05, 0) is 51.5 Å². The average molecular weight is 460 g/mol. The Labute approximate surface area is 198 Å². The summed E-state index contributed by atoms with van der Waals surface area (Å²) in [6.45, 7) is 7.19. The number of carbonyl (C=O) groups excluding carboxylic acids is 2. The number of fused-ring (bicyclic) bond motifs is 1. The Morgan fingerprint density at radius 1 is 1.09 bits per heavy atom. The Balaban J connectivity index is 1.52. The zero-order valence-corrected chi connectivity index (χ0v) is 19.8. The molecule has 0 saturated heterocycles. The van der Waals surface area contributed by atoms with Crippen molar-refractivity contribution >= 4 is 22.8 Å². The van der Waals surface area contributed by atoms with E-state index in [0.717, 1.165) is 22.0 Å². The number of ether oxygens (including phenoxy) is 1. The van der Waals surface area contributed by atoms with Crippen LogP contribution in [0.1, 0.15) is 37.8 Å². The van der Waals surface area contributed by atoms with Crippen LogP contribution in [0.2, 0.25) is 0 Å². The minimum Gasteiger partial charge on any atom is -0.458 e. The van der Waals surface area contributed by atoms with Crippen LogP contribution in [0.5, 0.6) is 0 Å². The Morgan fingerprint density at radius 2 is 1.79 bits per heavy atom. The molecular formula is C27H29N3O4. The molecule has 2 heterocycles. The molecule has 1 amide bonds. The van der Waals surface area contributed by atoms with Crippen LogP contribution in [-0.2, 0) is 27.2 Å². The second kappa shape index (κ2) is 9.55. The third-order valence-corrected chi connectivity index (χ3v) is 5.37. The summed E-state index contributed by atoms with van der Waals surface area (Å²) in [5.74, 6) is 0.225. The summed E-state index contributed by atoms with van der Waals surface area (Å²) >= 11 is 0. The number of para-hydroxylation sites is 1. The van der Waals surface area contributed by atoms with Crippen LogP contribution in [0.4, 0.5) is 0 Å². The molecule has 1 unspecified atom stereocenters. The molecule has 7 heteroatoms. The average Bonchev–Trinajstić information content (AvgIpc) is 3.36. The van der Waals surface area contributed by atoms with Gasteiger partial charge in [-0.15, -0.1) is 0 Å². The number of rotatable bonds is 7. The van der Waals surface area contributed by atoms with Crippen molar-refractivity contribution in [3.8, 4) is 11.5 Å². The number of oxazole rings is 1. The number of hydrogen-bond donors (Lipinski definition) is 2. The third-order valence-electron chi connectivity index (χ3n) is 5.37. The number of hydrogen-bond acceptors (Lipinski definition) is 5. The fourth-order valence-electron chi connectivity index (χ4n) is 3.78. The minimum atomic E-state index is -0.841. The Hall–Kier alpha value is -3.87. The minimum absolute atomic E-state index is 0.00461. The van der Waals surface area contributed by atoms with Gasteiger partial charge in [0.2, 0.25) is 11.8 Å². The van der Waals surface area contributed by atoms with Gasteiger partial charge in [0.05, 0.1) is 12.1 Å². The lowest BCUT2D eigenvalue weighted by molar-refractivity contribution is -0.158. The number of nitrogens with one attached hydrogen (secondary N) is 2. The van der Waals surface area contributed by atoms with E-state index >= 15 is 0 Å². The molecule has 0 saturated carbocycles. The lowest BCUT2D eigenvalue weighted by Crippen LogP contribution is -2.46. The summed E-state index contributed by atoms with van der Waals surface area (Å²) in [6.07, 6.45) is 2.16. The zero-order chi connectivity index (χ0) is 24.3. The summed E-state index contributed by atoms with van der Waals surface area (Å²) in [4.78, 5) is 33.7. The summed E-state index contributed by atoms with van der Waals surface area (Å²) in [5.41, 5.74) is 2.59. The number of aryl methyl sites for hydroxylation is 1. The largest absolute Gasteiger partial charge is 0.458 e. The van der Waals surface area contributed by atoms with Gasteiger partial charge in [0.25, 0.3) is 0 Å². The highest BCUT2D eigenvalue weighted by molar-refractivity contribution is 5.88. The molecule has 0 fully saturated rings. The predicted molar refractivity (Wildman–Crippen MR) is 130 cm³/mol. The Morgan fingerprint density at radius 3 is 2.53 bits per heavy atom. The first-order valence-corrected chi connectivity index (χ1v) is 11.3. The van der Waals surface area contributed by atoms with E-state index in [1.54, 1.807) is 27.7 Å². The fraction of sp³-hybridized carbons (Fsp3) is 0.296. The molecule has 4 rings (SSSR count). The molecule has 0 radical (unpaired) electrons. The summed E-state index contributed by atoms with van der Waals surface area (Å²) in [7, 11) is 0. The molecule has 2 aromatic heterocycles. The molecule has 4 aromatic rings. The van der Waals surface area contributed by atoms with Crippen LogP contribution >= 0.6 is 0 Å². The van der Waals surface area contributed by atoms with Gasteiger partial charge in [-0.25, -0.2) is 9.78 Å². The lowest BCUT2D eigenvalue weighted by Gasteiger charge is -2.24. The van der Waals surface area contributed by atoms with Crippen molar-refractivity contribution in [3.05, 3.63) is 77.8 Å². The maximum atomic E-state index is 13.0. The highest BCUT2D eigenvalue weighted by atomic mass is 16.6. The van der Waals surface area contributed by atoms with Gasteiger partial charge in [0.15, 0.2) is 0 Å². The first-order valence-electron chi connectivity index (χ1n) is 11.3. The molecule has 34 heavy (non-hydrogen) atoms. The zero-order valence-electron chi connectivity index (χ0n) is 19.8. The van der Waals surface area contributed by atoms with Gasteiger partial charge in [-0.3, -0.25) is 4.79 Å². The van der Waals surface area contributed by atoms with Crippen LogP contribution in [0, 0.1) is 6.92 Å². The van der Waals surface area contributed by atoms with Crippen LogP contribution in [-0.4, -0.2) is 33.5 Å². The van der Waals surface area contributed by atoms with Gasteiger partial charge < -0.3 is 19.5 Å². The van der Waals surface area contributed by atoms with Gasteiger partial charge in [-0.2, -0.15) is 0 Å².